The maximum Gasteiger partial charge on any atom is 0.277 e. The second-order valence-corrected chi connectivity index (χ2v) is 7.91. The molecular formula is C24H22FN3O5. The minimum atomic E-state index is -0.654. The van der Waals surface area contributed by atoms with Crippen LogP contribution in [0, 0.1) is 5.82 Å². The highest BCUT2D eigenvalue weighted by atomic mass is 19.1. The van der Waals surface area contributed by atoms with Crippen molar-refractivity contribution < 1.29 is 23.8 Å². The molecule has 3 aromatic rings. The number of halogens is 1. The fourth-order valence-corrected chi connectivity index (χ4v) is 4.43. The Labute approximate surface area is 189 Å². The normalized spacial score (nSPS) is 17.0. The van der Waals surface area contributed by atoms with Gasteiger partial charge in [-0.25, -0.2) is 4.39 Å². The second kappa shape index (κ2) is 8.25. The van der Waals surface area contributed by atoms with Crippen molar-refractivity contribution in [3.63, 3.8) is 0 Å². The molecule has 0 bridgehead atoms. The first-order valence-corrected chi connectivity index (χ1v) is 10.5. The Hall–Kier alpha value is -3.85. The van der Waals surface area contributed by atoms with Crippen molar-refractivity contribution in [2.75, 3.05) is 31.9 Å². The molecule has 1 N–H and O–H groups in total. The van der Waals surface area contributed by atoms with Gasteiger partial charge < -0.3 is 19.5 Å². The molecule has 9 heteroatoms. The van der Waals surface area contributed by atoms with Gasteiger partial charge in [-0.1, -0.05) is 36.4 Å². The molecular weight excluding hydrogens is 429 g/mol. The van der Waals surface area contributed by atoms with Gasteiger partial charge in [-0.15, -0.1) is 0 Å². The predicted octanol–water partition coefficient (Wildman–Crippen LogP) is 2.37. The number of pyridine rings is 1. The Morgan fingerprint density at radius 3 is 2.73 bits per heavy atom. The molecule has 0 fully saturated rings. The van der Waals surface area contributed by atoms with E-state index in [2.05, 4.69) is 0 Å². The number of hydrogen-bond acceptors (Lipinski definition) is 6. The molecule has 170 valence electrons. The number of aromatic hydroxyl groups is 1. The molecule has 1 atom stereocenters. The van der Waals surface area contributed by atoms with Gasteiger partial charge in [0.05, 0.1) is 6.61 Å². The lowest BCUT2D eigenvalue weighted by Crippen LogP contribution is -2.56. The van der Waals surface area contributed by atoms with Crippen LogP contribution in [0.1, 0.15) is 33.2 Å². The lowest BCUT2D eigenvalue weighted by Gasteiger charge is -2.44. The van der Waals surface area contributed by atoms with Crippen LogP contribution < -0.4 is 15.2 Å². The van der Waals surface area contributed by atoms with Crippen LogP contribution in [0.15, 0.2) is 59.5 Å². The first kappa shape index (κ1) is 21.0. The van der Waals surface area contributed by atoms with Crippen molar-refractivity contribution in [2.24, 2.45) is 0 Å². The van der Waals surface area contributed by atoms with Crippen LogP contribution in [-0.4, -0.2) is 47.5 Å². The summed E-state index contributed by atoms with van der Waals surface area (Å²) in [6.07, 6.45) is 1.45. The number of para-hydroxylation sites is 1. The summed E-state index contributed by atoms with van der Waals surface area (Å²) in [6, 6.07) is 13.0. The second-order valence-electron chi connectivity index (χ2n) is 7.91. The number of carbonyl (C=O) groups is 1. The molecule has 2 aromatic carbocycles. The maximum absolute atomic E-state index is 14.8. The van der Waals surface area contributed by atoms with E-state index in [0.29, 0.717) is 5.56 Å². The van der Waals surface area contributed by atoms with Crippen molar-refractivity contribution in [3.8, 4) is 11.5 Å². The average Bonchev–Trinajstić information content (AvgIpc) is 2.98. The first-order chi connectivity index (χ1) is 16.0. The molecule has 0 radical (unpaired) electrons. The minimum absolute atomic E-state index is 0.118. The van der Waals surface area contributed by atoms with Crippen LogP contribution >= 0.6 is 0 Å². The molecule has 0 saturated heterocycles. The van der Waals surface area contributed by atoms with Gasteiger partial charge in [0.2, 0.25) is 5.43 Å². The zero-order valence-electron chi connectivity index (χ0n) is 17.9. The molecule has 3 heterocycles. The summed E-state index contributed by atoms with van der Waals surface area (Å²) >= 11 is 0. The molecule has 1 amide bonds. The van der Waals surface area contributed by atoms with Gasteiger partial charge in [-0.3, -0.25) is 19.3 Å². The monoisotopic (exact) mass is 451 g/mol. The standard InChI is InChI=1S/C24H22FN3O5/c1-32-12-11-26-14-28(27-10-9-19(29)22(30)21(27)24(26)31)20-16-6-3-2-5-15(16)13-33-23-17(20)7-4-8-18(23)25/h2-10,20,30H,11-14H2,1H3. The Morgan fingerprint density at radius 2 is 1.91 bits per heavy atom. The lowest BCUT2D eigenvalue weighted by molar-refractivity contribution is 0.0614. The number of benzene rings is 2. The van der Waals surface area contributed by atoms with E-state index in [1.807, 2.05) is 29.3 Å². The number of carbonyl (C=O) groups excluding carboxylic acids is 1. The third kappa shape index (κ3) is 3.41. The zero-order chi connectivity index (χ0) is 23.1. The average molecular weight is 451 g/mol. The summed E-state index contributed by atoms with van der Waals surface area (Å²) in [5.41, 5.74) is 1.51. The number of nitrogens with zero attached hydrogens (tertiary/aromatic N) is 3. The van der Waals surface area contributed by atoms with Crippen molar-refractivity contribution in [1.29, 1.82) is 0 Å². The maximum atomic E-state index is 14.8. The van der Waals surface area contributed by atoms with Crippen LogP contribution in [0.4, 0.5) is 4.39 Å². The summed E-state index contributed by atoms with van der Waals surface area (Å²) in [6.45, 7) is 0.817. The third-order valence-electron chi connectivity index (χ3n) is 6.01. The fourth-order valence-electron chi connectivity index (χ4n) is 4.43. The molecule has 8 nitrogen and oxygen atoms in total. The minimum Gasteiger partial charge on any atom is -0.502 e. The molecule has 2 aliphatic heterocycles. The van der Waals surface area contributed by atoms with Gasteiger partial charge in [0.1, 0.15) is 19.3 Å². The van der Waals surface area contributed by atoms with Crippen LogP contribution in [0.5, 0.6) is 11.5 Å². The smallest absolute Gasteiger partial charge is 0.277 e. The largest absolute Gasteiger partial charge is 0.502 e. The van der Waals surface area contributed by atoms with Crippen molar-refractivity contribution >= 4 is 5.91 Å². The van der Waals surface area contributed by atoms with Crippen molar-refractivity contribution in [2.45, 2.75) is 12.6 Å². The summed E-state index contributed by atoms with van der Waals surface area (Å²) < 4.78 is 27.3. The molecule has 0 aliphatic carbocycles. The van der Waals surface area contributed by atoms with Crippen LogP contribution in [0.3, 0.4) is 0 Å². The Kier molecular flexibility index (Phi) is 5.26. The Morgan fingerprint density at radius 1 is 1.12 bits per heavy atom. The summed E-state index contributed by atoms with van der Waals surface area (Å²) in [5.74, 6) is -1.48. The highest BCUT2D eigenvalue weighted by Crippen LogP contribution is 2.41. The van der Waals surface area contributed by atoms with Crippen molar-refractivity contribution in [3.05, 3.63) is 93.2 Å². The first-order valence-electron chi connectivity index (χ1n) is 10.5. The molecule has 0 spiro atoms. The molecule has 1 unspecified atom stereocenters. The van der Waals surface area contributed by atoms with Crippen molar-refractivity contribution in [1.82, 2.24) is 9.58 Å². The number of fused-ring (bicyclic) bond motifs is 3. The van der Waals surface area contributed by atoms with Gasteiger partial charge in [0.25, 0.3) is 5.91 Å². The van der Waals surface area contributed by atoms with Crippen LogP contribution in [-0.2, 0) is 11.3 Å². The number of rotatable bonds is 4. The number of ether oxygens (including phenoxy) is 2. The topological polar surface area (TPSA) is 84.2 Å². The highest BCUT2D eigenvalue weighted by molar-refractivity contribution is 5.96. The van der Waals surface area contributed by atoms with E-state index in [0.717, 1.165) is 11.1 Å². The third-order valence-corrected chi connectivity index (χ3v) is 6.01. The van der Waals surface area contributed by atoms with Crippen LogP contribution in [0.25, 0.3) is 0 Å². The van der Waals surface area contributed by atoms with Gasteiger partial charge in [-0.2, -0.15) is 0 Å². The van der Waals surface area contributed by atoms with Crippen LogP contribution in [0.2, 0.25) is 0 Å². The van der Waals surface area contributed by atoms with Gasteiger partial charge in [0.15, 0.2) is 23.0 Å². The quantitative estimate of drug-likeness (QED) is 0.656. The number of amides is 1. The van der Waals surface area contributed by atoms with E-state index in [-0.39, 0.29) is 37.9 Å². The lowest BCUT2D eigenvalue weighted by atomic mass is 9.94. The predicted molar refractivity (Wildman–Crippen MR) is 117 cm³/mol. The molecule has 2 aliphatic rings. The fraction of sp³-hybridized carbons (Fsp3) is 0.250. The summed E-state index contributed by atoms with van der Waals surface area (Å²) in [5, 5.41) is 12.4. The molecule has 5 rings (SSSR count). The van der Waals surface area contributed by atoms with Gasteiger partial charge >= 0.3 is 0 Å². The van der Waals surface area contributed by atoms with E-state index < -0.39 is 28.9 Å². The SMILES string of the molecule is COCCN1CN(C2c3ccccc3COc3c(F)cccc32)n2ccc(=O)c(O)c2C1=O. The number of aromatic nitrogens is 1. The van der Waals surface area contributed by atoms with E-state index in [9.17, 15) is 19.1 Å². The molecule has 1 aromatic heterocycles. The Bertz CT molecular complexity index is 1290. The summed E-state index contributed by atoms with van der Waals surface area (Å²) in [7, 11) is 1.53. The zero-order valence-corrected chi connectivity index (χ0v) is 17.9. The Balaban J connectivity index is 1.76. The number of methoxy groups -OCH3 is 1. The van der Waals surface area contributed by atoms with Gasteiger partial charge in [-0.05, 0) is 17.2 Å². The van der Waals surface area contributed by atoms with E-state index in [1.165, 1.54) is 35.0 Å². The molecule has 0 saturated carbocycles. The van der Waals surface area contributed by atoms with E-state index in [1.54, 1.807) is 12.1 Å². The number of hydrogen-bond donors (Lipinski definition) is 1. The van der Waals surface area contributed by atoms with Gasteiger partial charge in [0, 0.05) is 31.5 Å². The highest BCUT2D eigenvalue weighted by Gasteiger charge is 2.39. The van der Waals surface area contributed by atoms with E-state index >= 15 is 0 Å². The summed E-state index contributed by atoms with van der Waals surface area (Å²) in [4.78, 5) is 26.9. The molecule has 33 heavy (non-hydrogen) atoms. The van der Waals surface area contributed by atoms with E-state index in [4.69, 9.17) is 9.47 Å².